The van der Waals surface area contributed by atoms with E-state index in [-0.39, 0.29) is 5.41 Å². The van der Waals surface area contributed by atoms with Crippen molar-refractivity contribution in [3.05, 3.63) is 81.5 Å². The summed E-state index contributed by atoms with van der Waals surface area (Å²) in [5.41, 5.74) is 11.2. The number of hydrogen-bond donors (Lipinski definition) is 0. The van der Waals surface area contributed by atoms with Crippen LogP contribution < -0.4 is 0 Å². The van der Waals surface area contributed by atoms with Crippen LogP contribution in [0.25, 0.3) is 0 Å². The summed E-state index contributed by atoms with van der Waals surface area (Å²) in [6, 6.07) is 9.57. The fourth-order valence-corrected chi connectivity index (χ4v) is 6.04. The molecule has 0 bridgehead atoms. The van der Waals surface area contributed by atoms with Crippen molar-refractivity contribution in [1.82, 2.24) is 0 Å². The molecule has 1 atom stereocenters. The first-order chi connectivity index (χ1) is 14.0. The molecule has 4 aliphatic carbocycles. The summed E-state index contributed by atoms with van der Waals surface area (Å²) in [4.78, 5) is 0. The molecule has 29 heavy (non-hydrogen) atoms. The molecule has 1 aromatic rings. The summed E-state index contributed by atoms with van der Waals surface area (Å²) < 4.78 is 0. The first-order valence-electron chi connectivity index (χ1n) is 12.0. The average Bonchev–Trinajstić information content (AvgIpc) is 3.32. The predicted molar refractivity (Wildman–Crippen MR) is 124 cm³/mol. The van der Waals surface area contributed by atoms with E-state index in [1.54, 1.807) is 22.3 Å². The van der Waals surface area contributed by atoms with Crippen LogP contribution in [-0.2, 0) is 5.41 Å². The Labute approximate surface area is 177 Å². The Balaban J connectivity index is 1.46. The molecule has 0 heteroatoms. The highest BCUT2D eigenvalue weighted by Crippen LogP contribution is 2.51. The lowest BCUT2D eigenvalue weighted by atomic mass is 9.76. The fourth-order valence-electron chi connectivity index (χ4n) is 6.04. The lowest BCUT2D eigenvalue weighted by molar-refractivity contribution is 0.358. The summed E-state index contributed by atoms with van der Waals surface area (Å²) in [5, 5.41) is 0. The summed E-state index contributed by atoms with van der Waals surface area (Å²) in [6.07, 6.45) is 20.0. The van der Waals surface area contributed by atoms with Crippen LogP contribution in [0.3, 0.4) is 0 Å². The van der Waals surface area contributed by atoms with Crippen molar-refractivity contribution in [1.29, 1.82) is 0 Å². The second kappa shape index (κ2) is 7.46. The second-order valence-corrected chi connectivity index (χ2v) is 10.8. The first-order valence-corrected chi connectivity index (χ1v) is 12.0. The number of rotatable bonds is 3. The Morgan fingerprint density at radius 3 is 2.31 bits per heavy atom. The van der Waals surface area contributed by atoms with Gasteiger partial charge in [0.2, 0.25) is 0 Å². The van der Waals surface area contributed by atoms with Gasteiger partial charge in [-0.25, -0.2) is 0 Å². The lowest BCUT2D eigenvalue weighted by Gasteiger charge is -2.28. The van der Waals surface area contributed by atoms with Crippen LogP contribution in [0, 0.1) is 5.92 Å². The van der Waals surface area contributed by atoms with E-state index in [1.165, 1.54) is 74.5 Å². The Hall–Kier alpha value is -1.82. The van der Waals surface area contributed by atoms with Gasteiger partial charge < -0.3 is 0 Å². The molecule has 1 unspecified atom stereocenters. The van der Waals surface area contributed by atoms with Gasteiger partial charge >= 0.3 is 0 Å². The van der Waals surface area contributed by atoms with Crippen molar-refractivity contribution >= 4 is 0 Å². The van der Waals surface area contributed by atoms with Gasteiger partial charge in [0.1, 0.15) is 0 Å². The van der Waals surface area contributed by atoms with Crippen molar-refractivity contribution in [2.45, 2.75) is 89.9 Å². The van der Waals surface area contributed by atoms with Crippen molar-refractivity contribution < 1.29 is 0 Å². The molecule has 0 saturated heterocycles. The van der Waals surface area contributed by atoms with E-state index in [9.17, 15) is 0 Å². The number of fused-ring (bicyclic) bond motifs is 1. The van der Waals surface area contributed by atoms with E-state index in [0.717, 1.165) is 5.92 Å². The quantitative estimate of drug-likeness (QED) is 0.491. The van der Waals surface area contributed by atoms with Gasteiger partial charge in [-0.05, 0) is 70.4 Å². The topological polar surface area (TPSA) is 0 Å². The molecule has 1 fully saturated rings. The molecule has 0 nitrogen and oxygen atoms in total. The van der Waals surface area contributed by atoms with Gasteiger partial charge in [0.25, 0.3) is 0 Å². The predicted octanol–water partition coefficient (Wildman–Crippen LogP) is 8.33. The molecule has 0 aliphatic heterocycles. The fraction of sp³-hybridized carbons (Fsp3) is 0.517. The normalized spacial score (nSPS) is 24.8. The maximum absolute atomic E-state index is 2.57. The molecule has 1 saturated carbocycles. The number of benzene rings is 1. The average molecular weight is 385 g/mol. The zero-order valence-electron chi connectivity index (χ0n) is 18.6. The molecule has 0 amide bonds. The Bertz CT molecular complexity index is 902. The molecule has 0 spiro atoms. The summed E-state index contributed by atoms with van der Waals surface area (Å²) in [7, 11) is 0. The highest BCUT2D eigenvalue weighted by molar-refractivity contribution is 5.66. The lowest BCUT2D eigenvalue weighted by Crippen LogP contribution is -2.13. The van der Waals surface area contributed by atoms with Crippen LogP contribution in [-0.4, -0.2) is 0 Å². The van der Waals surface area contributed by atoms with E-state index in [4.69, 9.17) is 0 Å². The molecule has 0 heterocycles. The third-order valence-corrected chi connectivity index (χ3v) is 7.67. The van der Waals surface area contributed by atoms with Crippen LogP contribution in [0.5, 0.6) is 0 Å². The van der Waals surface area contributed by atoms with Gasteiger partial charge in [-0.2, -0.15) is 0 Å². The minimum Gasteiger partial charge on any atom is -0.0582 e. The largest absolute Gasteiger partial charge is 0.0582 e. The standard InChI is InChI=1S/C29H36/c1-29(2,3)25-14-12-22(13-15-25)28-26-11-7-10-23(26)19-24-17-21(18-27(24)28)16-20-8-5-4-6-9-20/h12-15,17-20,28H,4-11,16H2,1-3H3. The van der Waals surface area contributed by atoms with Gasteiger partial charge in [0.15, 0.2) is 0 Å². The molecule has 1 aromatic carbocycles. The summed E-state index contributed by atoms with van der Waals surface area (Å²) >= 11 is 0. The smallest absolute Gasteiger partial charge is 0.0310 e. The first kappa shape index (κ1) is 19.2. The molecule has 0 aromatic heterocycles. The minimum atomic E-state index is 0.218. The van der Waals surface area contributed by atoms with Gasteiger partial charge in [0.05, 0.1) is 0 Å². The highest BCUT2D eigenvalue weighted by atomic mass is 14.4. The van der Waals surface area contributed by atoms with Crippen molar-refractivity contribution in [2.24, 2.45) is 5.92 Å². The zero-order chi connectivity index (χ0) is 20.0. The van der Waals surface area contributed by atoms with Gasteiger partial charge in [0, 0.05) is 5.92 Å². The minimum absolute atomic E-state index is 0.218. The molecule has 0 N–H and O–H groups in total. The molecule has 152 valence electrons. The molecule has 4 aliphatic rings. The number of allylic oxidation sites excluding steroid dienone is 8. The van der Waals surface area contributed by atoms with Gasteiger partial charge in [-0.3, -0.25) is 0 Å². The van der Waals surface area contributed by atoms with Crippen LogP contribution in [0.4, 0.5) is 0 Å². The summed E-state index contributed by atoms with van der Waals surface area (Å²) in [6.45, 7) is 6.92. The van der Waals surface area contributed by atoms with Crippen LogP contribution in [0.2, 0.25) is 0 Å². The molecule has 5 rings (SSSR count). The van der Waals surface area contributed by atoms with E-state index in [2.05, 4.69) is 63.3 Å². The second-order valence-electron chi connectivity index (χ2n) is 10.8. The molecular formula is C29H36. The van der Waals surface area contributed by atoms with E-state index < -0.39 is 0 Å². The maximum atomic E-state index is 2.57. The molecule has 0 radical (unpaired) electrons. The monoisotopic (exact) mass is 384 g/mol. The third kappa shape index (κ3) is 3.72. The Morgan fingerprint density at radius 1 is 0.828 bits per heavy atom. The van der Waals surface area contributed by atoms with Gasteiger partial charge in [-0.15, -0.1) is 0 Å². The van der Waals surface area contributed by atoms with E-state index in [1.807, 2.05) is 0 Å². The Morgan fingerprint density at radius 2 is 1.59 bits per heavy atom. The van der Waals surface area contributed by atoms with Crippen LogP contribution in [0.15, 0.2) is 70.4 Å². The van der Waals surface area contributed by atoms with Gasteiger partial charge in [-0.1, -0.05) is 101 Å². The molecular weight excluding hydrogens is 348 g/mol. The SMILES string of the molecule is CC(C)(C)c1ccc(C2C3=CC(CC4CCCCC4)=CC3=CC3=C2CCC3)cc1. The van der Waals surface area contributed by atoms with Crippen LogP contribution >= 0.6 is 0 Å². The van der Waals surface area contributed by atoms with Crippen molar-refractivity contribution in [3.63, 3.8) is 0 Å². The number of hydrogen-bond acceptors (Lipinski definition) is 0. The summed E-state index contributed by atoms with van der Waals surface area (Å²) in [5.74, 6) is 1.40. The van der Waals surface area contributed by atoms with E-state index >= 15 is 0 Å². The third-order valence-electron chi connectivity index (χ3n) is 7.67. The van der Waals surface area contributed by atoms with Crippen molar-refractivity contribution in [3.8, 4) is 0 Å². The van der Waals surface area contributed by atoms with Crippen LogP contribution in [0.1, 0.15) is 95.6 Å². The highest BCUT2D eigenvalue weighted by Gasteiger charge is 2.33. The van der Waals surface area contributed by atoms with Crippen molar-refractivity contribution in [2.75, 3.05) is 0 Å². The van der Waals surface area contributed by atoms with E-state index in [0.29, 0.717) is 5.92 Å². The zero-order valence-corrected chi connectivity index (χ0v) is 18.6. The Kier molecular flexibility index (Phi) is 4.93. The maximum Gasteiger partial charge on any atom is 0.0310 e.